The van der Waals surface area contributed by atoms with Crippen LogP contribution in [0.3, 0.4) is 0 Å². The zero-order chi connectivity index (χ0) is 18.8. The van der Waals surface area contributed by atoms with Crippen LogP contribution in [0, 0.1) is 0 Å². The number of likely N-dealkylation sites (N-methyl/N-ethyl adjacent to an activating group) is 1. The fourth-order valence-electron chi connectivity index (χ4n) is 3.84. The number of carbonyl (C=O) groups is 1. The highest BCUT2D eigenvalue weighted by Crippen LogP contribution is 2.28. The molecule has 0 spiro atoms. The van der Waals surface area contributed by atoms with E-state index < -0.39 is 0 Å². The third-order valence-electron chi connectivity index (χ3n) is 5.76. The maximum Gasteiger partial charge on any atom is 0.291 e. The van der Waals surface area contributed by atoms with Gasteiger partial charge in [-0.2, -0.15) is 0 Å². The molecular weight excluding hydrogens is 344 g/mol. The number of aryl methyl sites for hydroxylation is 1. The second kappa shape index (κ2) is 7.82. The topological polar surface area (TPSA) is 70.6 Å². The molecule has 0 saturated carbocycles. The first-order chi connectivity index (χ1) is 13.1. The highest BCUT2D eigenvalue weighted by Gasteiger charge is 2.28. The number of carbonyl (C=O) groups excluding carboxylic acids is 1. The summed E-state index contributed by atoms with van der Waals surface area (Å²) in [6, 6.07) is 0. The van der Waals surface area contributed by atoms with Gasteiger partial charge in [0.25, 0.3) is 5.91 Å². The standard InChI is InChI=1S/C19H28N6O2/c1-22-7-9-25(10-8-22)19(26)17-12-21-18(27-17)15-3-5-24(6-4-15)13-16-11-20-14-23(16)2/h11-12,14-15H,3-10,13H2,1-2H3. The fourth-order valence-corrected chi connectivity index (χ4v) is 3.84. The molecule has 0 bridgehead atoms. The Morgan fingerprint density at radius 1 is 1.11 bits per heavy atom. The molecule has 0 aromatic carbocycles. The average molecular weight is 372 g/mol. The predicted molar refractivity (Wildman–Crippen MR) is 100 cm³/mol. The largest absolute Gasteiger partial charge is 0.435 e. The monoisotopic (exact) mass is 372 g/mol. The average Bonchev–Trinajstić information content (AvgIpc) is 3.32. The lowest BCUT2D eigenvalue weighted by atomic mass is 9.97. The smallest absolute Gasteiger partial charge is 0.291 e. The second-order valence-corrected chi connectivity index (χ2v) is 7.70. The molecule has 2 aliphatic heterocycles. The molecule has 0 unspecified atom stereocenters. The van der Waals surface area contributed by atoms with Gasteiger partial charge in [0.1, 0.15) is 0 Å². The molecule has 8 heteroatoms. The van der Waals surface area contributed by atoms with Crippen LogP contribution < -0.4 is 0 Å². The zero-order valence-electron chi connectivity index (χ0n) is 16.2. The lowest BCUT2D eigenvalue weighted by Gasteiger charge is -2.31. The van der Waals surface area contributed by atoms with Crippen LogP contribution in [0.1, 0.15) is 40.9 Å². The van der Waals surface area contributed by atoms with E-state index in [0.29, 0.717) is 17.6 Å². The van der Waals surface area contributed by atoms with Crippen LogP contribution in [-0.2, 0) is 13.6 Å². The van der Waals surface area contributed by atoms with Crippen LogP contribution in [0.4, 0.5) is 0 Å². The van der Waals surface area contributed by atoms with Gasteiger partial charge < -0.3 is 18.8 Å². The highest BCUT2D eigenvalue weighted by molar-refractivity contribution is 5.91. The number of rotatable bonds is 4. The summed E-state index contributed by atoms with van der Waals surface area (Å²) < 4.78 is 7.94. The van der Waals surface area contributed by atoms with E-state index in [1.807, 2.05) is 24.5 Å². The van der Waals surface area contributed by atoms with E-state index in [1.165, 1.54) is 5.69 Å². The summed E-state index contributed by atoms with van der Waals surface area (Å²) >= 11 is 0. The number of oxazole rings is 1. The van der Waals surface area contributed by atoms with Crippen molar-refractivity contribution in [3.63, 3.8) is 0 Å². The van der Waals surface area contributed by atoms with Gasteiger partial charge in [0.05, 0.1) is 18.2 Å². The van der Waals surface area contributed by atoms with Crippen LogP contribution in [0.5, 0.6) is 0 Å². The first kappa shape index (κ1) is 18.2. The van der Waals surface area contributed by atoms with Crippen LogP contribution in [-0.4, -0.2) is 81.5 Å². The Labute approximate surface area is 159 Å². The summed E-state index contributed by atoms with van der Waals surface area (Å²) in [6.07, 6.45) is 7.38. The van der Waals surface area contributed by atoms with Crippen molar-refractivity contribution in [1.82, 2.24) is 29.2 Å². The van der Waals surface area contributed by atoms with Crippen LogP contribution in [0.15, 0.2) is 23.1 Å². The molecule has 2 aliphatic rings. The van der Waals surface area contributed by atoms with Crippen molar-refractivity contribution in [2.45, 2.75) is 25.3 Å². The van der Waals surface area contributed by atoms with Crippen molar-refractivity contribution < 1.29 is 9.21 Å². The van der Waals surface area contributed by atoms with Crippen molar-refractivity contribution in [1.29, 1.82) is 0 Å². The molecule has 2 aromatic heterocycles. The van der Waals surface area contributed by atoms with Gasteiger partial charge in [-0.25, -0.2) is 9.97 Å². The predicted octanol–water partition coefficient (Wildman–Crippen LogP) is 1.18. The number of nitrogens with zero attached hydrogens (tertiary/aromatic N) is 6. The molecule has 27 heavy (non-hydrogen) atoms. The Morgan fingerprint density at radius 3 is 2.52 bits per heavy atom. The van der Waals surface area contributed by atoms with Gasteiger partial charge in [0.2, 0.25) is 5.76 Å². The van der Waals surface area contributed by atoms with Crippen molar-refractivity contribution in [3.05, 3.63) is 36.1 Å². The maximum absolute atomic E-state index is 12.6. The Bertz CT molecular complexity index is 769. The number of hydrogen-bond acceptors (Lipinski definition) is 6. The lowest BCUT2D eigenvalue weighted by molar-refractivity contribution is 0.0628. The van der Waals surface area contributed by atoms with Crippen LogP contribution in [0.25, 0.3) is 0 Å². The SMILES string of the molecule is CN1CCN(C(=O)c2cnc(C3CCN(Cc4cncn4C)CC3)o2)CC1. The van der Waals surface area contributed by atoms with Gasteiger partial charge >= 0.3 is 0 Å². The summed E-state index contributed by atoms with van der Waals surface area (Å²) in [5.41, 5.74) is 1.23. The van der Waals surface area contributed by atoms with Gasteiger partial charge in [-0.05, 0) is 33.0 Å². The minimum Gasteiger partial charge on any atom is -0.435 e. The Hall–Kier alpha value is -2.19. The minimum atomic E-state index is -0.0320. The molecule has 0 radical (unpaired) electrons. The van der Waals surface area contributed by atoms with Crippen molar-refractivity contribution in [2.24, 2.45) is 7.05 Å². The van der Waals surface area contributed by atoms with E-state index in [-0.39, 0.29) is 5.91 Å². The summed E-state index contributed by atoms with van der Waals surface area (Å²) in [5, 5.41) is 0. The van der Waals surface area contributed by atoms with Gasteiger partial charge in [-0.1, -0.05) is 0 Å². The fraction of sp³-hybridized carbons (Fsp3) is 0.632. The Morgan fingerprint density at radius 2 is 1.85 bits per heavy atom. The van der Waals surface area contributed by atoms with Crippen molar-refractivity contribution >= 4 is 5.91 Å². The van der Waals surface area contributed by atoms with Crippen molar-refractivity contribution in [2.75, 3.05) is 46.3 Å². The van der Waals surface area contributed by atoms with Gasteiger partial charge in [-0.3, -0.25) is 9.69 Å². The molecule has 8 nitrogen and oxygen atoms in total. The molecule has 0 aliphatic carbocycles. The molecule has 0 N–H and O–H groups in total. The minimum absolute atomic E-state index is 0.0320. The molecule has 2 fully saturated rings. The summed E-state index contributed by atoms with van der Waals surface area (Å²) in [7, 11) is 4.11. The molecular formula is C19H28N6O2. The normalized spacial score (nSPS) is 20.3. The van der Waals surface area contributed by atoms with Crippen LogP contribution >= 0.6 is 0 Å². The van der Waals surface area contributed by atoms with Gasteiger partial charge in [-0.15, -0.1) is 0 Å². The summed E-state index contributed by atoms with van der Waals surface area (Å²) in [6.45, 7) is 6.22. The van der Waals surface area contributed by atoms with E-state index in [4.69, 9.17) is 4.42 Å². The summed E-state index contributed by atoms with van der Waals surface area (Å²) in [4.78, 5) is 27.8. The molecule has 146 valence electrons. The molecule has 0 atom stereocenters. The molecule has 2 saturated heterocycles. The number of aromatic nitrogens is 3. The number of piperazine rings is 1. The second-order valence-electron chi connectivity index (χ2n) is 7.70. The number of imidazole rings is 1. The zero-order valence-corrected chi connectivity index (χ0v) is 16.2. The van der Waals surface area contributed by atoms with Gasteiger partial charge in [0.15, 0.2) is 5.89 Å². The maximum atomic E-state index is 12.6. The van der Waals surface area contributed by atoms with E-state index in [9.17, 15) is 4.79 Å². The Kier molecular flexibility index (Phi) is 5.27. The van der Waals surface area contributed by atoms with E-state index in [2.05, 4.69) is 31.4 Å². The van der Waals surface area contributed by atoms with E-state index in [0.717, 1.165) is 58.7 Å². The summed E-state index contributed by atoms with van der Waals surface area (Å²) in [5.74, 6) is 1.36. The van der Waals surface area contributed by atoms with E-state index in [1.54, 1.807) is 6.20 Å². The highest BCUT2D eigenvalue weighted by atomic mass is 16.4. The quantitative estimate of drug-likeness (QED) is 0.803. The van der Waals surface area contributed by atoms with Crippen LogP contribution in [0.2, 0.25) is 0 Å². The number of amides is 1. The number of likely N-dealkylation sites (tertiary alicyclic amines) is 1. The lowest BCUT2D eigenvalue weighted by Crippen LogP contribution is -2.47. The first-order valence-electron chi connectivity index (χ1n) is 9.71. The molecule has 1 amide bonds. The number of hydrogen-bond donors (Lipinski definition) is 0. The number of piperidine rings is 1. The third kappa shape index (κ3) is 4.06. The Balaban J connectivity index is 1.31. The van der Waals surface area contributed by atoms with Crippen molar-refractivity contribution in [3.8, 4) is 0 Å². The van der Waals surface area contributed by atoms with E-state index >= 15 is 0 Å². The molecule has 4 rings (SSSR count). The van der Waals surface area contributed by atoms with Gasteiger partial charge in [0, 0.05) is 51.9 Å². The molecule has 4 heterocycles. The first-order valence-corrected chi connectivity index (χ1v) is 9.71. The molecule has 2 aromatic rings. The third-order valence-corrected chi connectivity index (χ3v) is 5.76.